The van der Waals surface area contributed by atoms with E-state index in [9.17, 15) is 0 Å². The van der Waals surface area contributed by atoms with Crippen molar-refractivity contribution in [3.63, 3.8) is 0 Å². The van der Waals surface area contributed by atoms with Crippen LogP contribution in [0.2, 0.25) is 0 Å². The number of rotatable bonds is 1. The van der Waals surface area contributed by atoms with E-state index in [2.05, 4.69) is 48.0 Å². The number of hydrogen-bond acceptors (Lipinski definition) is 1. The van der Waals surface area contributed by atoms with E-state index < -0.39 is 0 Å². The van der Waals surface area contributed by atoms with Crippen LogP contribution in [0.3, 0.4) is 0 Å². The van der Waals surface area contributed by atoms with Crippen LogP contribution in [0, 0.1) is 13.8 Å². The average molecular weight is 241 g/mol. The summed E-state index contributed by atoms with van der Waals surface area (Å²) in [6.45, 7) is 5.86. The fourth-order valence-electron chi connectivity index (χ4n) is 1.47. The summed E-state index contributed by atoms with van der Waals surface area (Å²) >= 11 is 3.71. The molecule has 0 atom stereocenters. The summed E-state index contributed by atoms with van der Waals surface area (Å²) in [5.74, 6) is 0. The van der Waals surface area contributed by atoms with Gasteiger partial charge in [0, 0.05) is 0 Å². The van der Waals surface area contributed by atoms with Crippen molar-refractivity contribution >= 4 is 15.9 Å². The highest BCUT2D eigenvalue weighted by Gasteiger charge is 2.37. The molecule has 0 radical (unpaired) electrons. The molecule has 1 aromatic rings. The molecular formula is C11H13BrO. The number of halogens is 1. The first-order valence-corrected chi connectivity index (χ1v) is 5.25. The molecule has 0 unspecified atom stereocenters. The molecule has 0 aliphatic carbocycles. The Labute approximate surface area is 87.2 Å². The van der Waals surface area contributed by atoms with Crippen LogP contribution in [-0.4, -0.2) is 13.2 Å². The van der Waals surface area contributed by atoms with Gasteiger partial charge < -0.3 is 4.74 Å². The van der Waals surface area contributed by atoms with Crippen molar-refractivity contribution in [2.75, 3.05) is 13.2 Å². The van der Waals surface area contributed by atoms with Crippen molar-refractivity contribution < 1.29 is 4.74 Å². The summed E-state index contributed by atoms with van der Waals surface area (Å²) in [4.78, 5) is 0. The maximum atomic E-state index is 5.22. The highest BCUT2D eigenvalue weighted by atomic mass is 79.9. The minimum atomic E-state index is 0.0887. The third kappa shape index (κ3) is 1.53. The van der Waals surface area contributed by atoms with E-state index in [0.717, 1.165) is 13.2 Å². The van der Waals surface area contributed by atoms with Crippen molar-refractivity contribution in [3.8, 4) is 0 Å². The summed E-state index contributed by atoms with van der Waals surface area (Å²) in [6, 6.07) is 6.60. The molecule has 0 N–H and O–H groups in total. The predicted octanol–water partition coefficient (Wildman–Crippen LogP) is 2.92. The molecule has 0 bridgehead atoms. The van der Waals surface area contributed by atoms with E-state index >= 15 is 0 Å². The third-order valence-electron chi connectivity index (χ3n) is 2.69. The monoisotopic (exact) mass is 240 g/mol. The van der Waals surface area contributed by atoms with Gasteiger partial charge in [0.25, 0.3) is 0 Å². The van der Waals surface area contributed by atoms with Gasteiger partial charge in [-0.1, -0.05) is 34.1 Å². The van der Waals surface area contributed by atoms with Crippen LogP contribution in [0.25, 0.3) is 0 Å². The molecule has 1 aromatic carbocycles. The van der Waals surface area contributed by atoms with Gasteiger partial charge in [-0.15, -0.1) is 0 Å². The van der Waals surface area contributed by atoms with Crippen molar-refractivity contribution in [3.05, 3.63) is 34.9 Å². The van der Waals surface area contributed by atoms with Gasteiger partial charge in [-0.25, -0.2) is 0 Å². The van der Waals surface area contributed by atoms with Crippen LogP contribution < -0.4 is 0 Å². The smallest absolute Gasteiger partial charge is 0.0971 e. The van der Waals surface area contributed by atoms with Gasteiger partial charge in [0.2, 0.25) is 0 Å². The molecule has 13 heavy (non-hydrogen) atoms. The first-order chi connectivity index (χ1) is 6.12. The minimum absolute atomic E-state index is 0.0887. The Morgan fingerprint density at radius 2 is 1.92 bits per heavy atom. The number of hydrogen-bond donors (Lipinski definition) is 0. The van der Waals surface area contributed by atoms with E-state index in [4.69, 9.17) is 4.74 Å². The van der Waals surface area contributed by atoms with E-state index in [-0.39, 0.29) is 4.32 Å². The van der Waals surface area contributed by atoms with Crippen molar-refractivity contribution in [1.82, 2.24) is 0 Å². The molecule has 0 amide bonds. The standard InChI is InChI=1S/C11H13BrO/c1-8-3-4-10(5-9(8)2)11(12)6-13-7-11/h3-5H,6-7H2,1-2H3. The van der Waals surface area contributed by atoms with Crippen LogP contribution in [0.4, 0.5) is 0 Å². The first-order valence-electron chi connectivity index (χ1n) is 4.46. The maximum absolute atomic E-state index is 5.22. The second-order valence-electron chi connectivity index (χ2n) is 3.76. The number of aryl methyl sites for hydroxylation is 2. The van der Waals surface area contributed by atoms with Gasteiger partial charge in [-0.3, -0.25) is 0 Å². The number of ether oxygens (including phenoxy) is 1. The van der Waals surface area contributed by atoms with Crippen LogP contribution in [0.5, 0.6) is 0 Å². The molecule has 1 heterocycles. The molecule has 1 fully saturated rings. The third-order valence-corrected chi connectivity index (χ3v) is 3.60. The first kappa shape index (κ1) is 9.22. The molecule has 2 rings (SSSR count). The van der Waals surface area contributed by atoms with Crippen LogP contribution in [0.1, 0.15) is 16.7 Å². The minimum Gasteiger partial charge on any atom is -0.378 e. The zero-order valence-corrected chi connectivity index (χ0v) is 9.52. The molecule has 0 aromatic heterocycles. The molecular weight excluding hydrogens is 228 g/mol. The summed E-state index contributed by atoms with van der Waals surface area (Å²) in [5.41, 5.74) is 4.03. The second-order valence-corrected chi connectivity index (χ2v) is 5.28. The normalized spacial score (nSPS) is 19.6. The second kappa shape index (κ2) is 3.10. The maximum Gasteiger partial charge on any atom is 0.0971 e. The van der Waals surface area contributed by atoms with E-state index in [1.165, 1.54) is 16.7 Å². The highest BCUT2D eigenvalue weighted by Crippen LogP contribution is 2.38. The summed E-state index contributed by atoms with van der Waals surface area (Å²) in [6.07, 6.45) is 0. The predicted molar refractivity (Wildman–Crippen MR) is 57.3 cm³/mol. The largest absolute Gasteiger partial charge is 0.378 e. The van der Waals surface area contributed by atoms with Crippen LogP contribution >= 0.6 is 15.9 Å². The Kier molecular flexibility index (Phi) is 2.20. The van der Waals surface area contributed by atoms with E-state index in [1.807, 2.05) is 0 Å². The van der Waals surface area contributed by atoms with Crippen molar-refractivity contribution in [2.45, 2.75) is 18.2 Å². The van der Waals surface area contributed by atoms with Crippen molar-refractivity contribution in [1.29, 1.82) is 0 Å². The Hall–Kier alpha value is -0.340. The quantitative estimate of drug-likeness (QED) is 0.687. The SMILES string of the molecule is Cc1ccc(C2(Br)COC2)cc1C. The number of alkyl halides is 1. The van der Waals surface area contributed by atoms with Gasteiger partial charge in [0.15, 0.2) is 0 Å². The van der Waals surface area contributed by atoms with E-state index in [0.29, 0.717) is 0 Å². The molecule has 2 heteroatoms. The van der Waals surface area contributed by atoms with Gasteiger partial charge >= 0.3 is 0 Å². The molecule has 0 spiro atoms. The fourth-order valence-corrected chi connectivity index (χ4v) is 2.04. The zero-order chi connectivity index (χ0) is 9.47. The topological polar surface area (TPSA) is 9.23 Å². The summed E-state index contributed by atoms with van der Waals surface area (Å²) in [7, 11) is 0. The van der Waals surface area contributed by atoms with Gasteiger partial charge in [-0.2, -0.15) is 0 Å². The van der Waals surface area contributed by atoms with Crippen molar-refractivity contribution in [2.24, 2.45) is 0 Å². The molecule has 1 saturated heterocycles. The molecule has 1 aliphatic heterocycles. The lowest BCUT2D eigenvalue weighted by Crippen LogP contribution is -2.41. The lowest BCUT2D eigenvalue weighted by atomic mass is 9.94. The fraction of sp³-hybridized carbons (Fsp3) is 0.455. The Morgan fingerprint density at radius 1 is 1.23 bits per heavy atom. The summed E-state index contributed by atoms with van der Waals surface area (Å²) < 4.78 is 5.30. The lowest BCUT2D eigenvalue weighted by Gasteiger charge is -2.36. The van der Waals surface area contributed by atoms with Gasteiger partial charge in [-0.05, 0) is 30.5 Å². The van der Waals surface area contributed by atoms with Crippen LogP contribution in [-0.2, 0) is 9.06 Å². The molecule has 1 nitrogen and oxygen atoms in total. The Bertz CT molecular complexity index is 329. The molecule has 0 saturated carbocycles. The molecule has 1 aliphatic rings. The molecule has 70 valence electrons. The highest BCUT2D eigenvalue weighted by molar-refractivity contribution is 9.09. The van der Waals surface area contributed by atoms with Gasteiger partial charge in [0.1, 0.15) is 0 Å². The summed E-state index contributed by atoms with van der Waals surface area (Å²) in [5, 5.41) is 0. The average Bonchev–Trinajstić information content (AvgIpc) is 2.06. The van der Waals surface area contributed by atoms with Gasteiger partial charge in [0.05, 0.1) is 17.5 Å². The Morgan fingerprint density at radius 3 is 2.38 bits per heavy atom. The zero-order valence-electron chi connectivity index (χ0n) is 7.93. The Balaban J connectivity index is 2.36. The van der Waals surface area contributed by atoms with E-state index in [1.54, 1.807) is 0 Å². The van der Waals surface area contributed by atoms with Crippen LogP contribution in [0.15, 0.2) is 18.2 Å². The lowest BCUT2D eigenvalue weighted by molar-refractivity contribution is -0.00700. The number of benzene rings is 1.